The van der Waals surface area contributed by atoms with Crippen molar-refractivity contribution in [3.05, 3.63) is 116 Å². The Morgan fingerprint density at radius 3 is 2.46 bits per heavy atom. The smallest absolute Gasteiger partial charge is 0.275 e. The number of benzene rings is 3. The van der Waals surface area contributed by atoms with Gasteiger partial charge in [-0.2, -0.15) is 5.10 Å². The molecule has 180 valence electrons. The first-order chi connectivity index (χ1) is 16.8. The van der Waals surface area contributed by atoms with Gasteiger partial charge in [0, 0.05) is 28.6 Å². The molecule has 1 aromatic heterocycles. The number of ether oxygens (including phenoxy) is 1. The van der Waals surface area contributed by atoms with E-state index in [1.54, 1.807) is 19.1 Å². The van der Waals surface area contributed by atoms with Crippen molar-refractivity contribution >= 4 is 11.6 Å². The fourth-order valence-corrected chi connectivity index (χ4v) is 4.26. The first kappa shape index (κ1) is 24.6. The molecule has 1 atom stereocenters. The van der Waals surface area contributed by atoms with Crippen molar-refractivity contribution in [2.24, 2.45) is 5.73 Å². The summed E-state index contributed by atoms with van der Waals surface area (Å²) in [6.07, 6.45) is 0.0107. The minimum Gasteiger partial charge on any atom is -0.494 e. The van der Waals surface area contributed by atoms with Crippen LogP contribution in [0.15, 0.2) is 71.5 Å². The van der Waals surface area contributed by atoms with Crippen LogP contribution in [0.25, 0.3) is 11.1 Å². The second-order valence-corrected chi connectivity index (χ2v) is 8.56. The number of methoxy groups -OCH3 is 1. The zero-order valence-corrected chi connectivity index (χ0v) is 20.0. The van der Waals surface area contributed by atoms with Gasteiger partial charge in [-0.05, 0) is 36.2 Å². The van der Waals surface area contributed by atoms with Gasteiger partial charge in [-0.15, -0.1) is 0 Å². The summed E-state index contributed by atoms with van der Waals surface area (Å²) >= 11 is 6.26. The summed E-state index contributed by atoms with van der Waals surface area (Å²) in [4.78, 5) is 13.6. The topological polar surface area (TPSA) is 70.1 Å². The minimum absolute atomic E-state index is 0.00403. The van der Waals surface area contributed by atoms with E-state index in [4.69, 9.17) is 22.1 Å². The summed E-state index contributed by atoms with van der Waals surface area (Å²) in [5.41, 5.74) is 7.90. The van der Waals surface area contributed by atoms with Crippen LogP contribution < -0.4 is 16.0 Å². The maximum atomic E-state index is 15.3. The van der Waals surface area contributed by atoms with E-state index in [-0.39, 0.29) is 40.4 Å². The van der Waals surface area contributed by atoms with E-state index in [2.05, 4.69) is 5.10 Å². The van der Waals surface area contributed by atoms with Gasteiger partial charge < -0.3 is 10.5 Å². The number of aromatic nitrogens is 2. The molecule has 0 radical (unpaired) electrons. The van der Waals surface area contributed by atoms with Crippen LogP contribution in [0.5, 0.6) is 5.75 Å². The van der Waals surface area contributed by atoms with Gasteiger partial charge in [0.05, 0.1) is 24.9 Å². The SMILES string of the molecule is COc1cccc(-c2c(C)c(Cc3c(F)cccc3Cl)nn(CC(N)c3ccccc3)c2=O)c1F. The Balaban J connectivity index is 1.90. The van der Waals surface area contributed by atoms with Gasteiger partial charge in [0.25, 0.3) is 5.56 Å². The van der Waals surface area contributed by atoms with Gasteiger partial charge >= 0.3 is 0 Å². The molecule has 0 aliphatic heterocycles. The standard InChI is InChI=1S/C27H24ClF2N3O2/c1-16-23(14-19-20(28)11-7-12-21(19)29)32-33(15-22(31)17-8-4-3-5-9-17)27(34)25(16)18-10-6-13-24(35-2)26(18)30/h3-13,22H,14-15,31H2,1-2H3. The molecule has 1 heterocycles. The Hall–Kier alpha value is -3.55. The number of rotatable bonds is 7. The molecule has 3 aromatic carbocycles. The van der Waals surface area contributed by atoms with E-state index >= 15 is 4.39 Å². The first-order valence-electron chi connectivity index (χ1n) is 11.0. The van der Waals surface area contributed by atoms with Crippen molar-refractivity contribution < 1.29 is 13.5 Å². The average Bonchev–Trinajstić information content (AvgIpc) is 2.85. The van der Waals surface area contributed by atoms with Crippen molar-refractivity contribution in [3.8, 4) is 16.9 Å². The molecule has 0 aliphatic rings. The Morgan fingerprint density at radius 2 is 1.77 bits per heavy atom. The monoisotopic (exact) mass is 495 g/mol. The Morgan fingerprint density at radius 1 is 1.06 bits per heavy atom. The third-order valence-corrected chi connectivity index (χ3v) is 6.31. The normalized spacial score (nSPS) is 11.9. The number of halogens is 3. The second-order valence-electron chi connectivity index (χ2n) is 8.15. The highest BCUT2D eigenvalue weighted by Gasteiger charge is 2.23. The van der Waals surface area contributed by atoms with Crippen LogP contribution in [0.3, 0.4) is 0 Å². The molecule has 35 heavy (non-hydrogen) atoms. The third kappa shape index (κ3) is 4.97. The Bertz CT molecular complexity index is 1400. The molecular weight excluding hydrogens is 472 g/mol. The summed E-state index contributed by atoms with van der Waals surface area (Å²) < 4.78 is 36.2. The lowest BCUT2D eigenvalue weighted by Crippen LogP contribution is -2.32. The number of nitrogens with two attached hydrogens (primary N) is 1. The Kier molecular flexibility index (Phi) is 7.28. The molecule has 0 bridgehead atoms. The van der Waals surface area contributed by atoms with E-state index in [9.17, 15) is 9.18 Å². The van der Waals surface area contributed by atoms with E-state index in [1.165, 1.54) is 36.1 Å². The van der Waals surface area contributed by atoms with Gasteiger partial charge in [0.15, 0.2) is 11.6 Å². The molecule has 1 unspecified atom stereocenters. The first-order valence-corrected chi connectivity index (χ1v) is 11.4. The summed E-state index contributed by atoms with van der Waals surface area (Å²) in [5, 5.41) is 4.75. The highest BCUT2D eigenvalue weighted by molar-refractivity contribution is 6.31. The fraction of sp³-hybridized carbons (Fsp3) is 0.185. The zero-order chi connectivity index (χ0) is 25.1. The van der Waals surface area contributed by atoms with Crippen molar-refractivity contribution in [3.63, 3.8) is 0 Å². The highest BCUT2D eigenvalue weighted by atomic mass is 35.5. The van der Waals surface area contributed by atoms with Crippen LogP contribution in [0.2, 0.25) is 5.02 Å². The average molecular weight is 496 g/mol. The molecule has 0 saturated carbocycles. The summed E-state index contributed by atoms with van der Waals surface area (Å²) in [5.74, 6) is -1.16. The molecule has 0 amide bonds. The van der Waals surface area contributed by atoms with Gasteiger partial charge in [0.2, 0.25) is 0 Å². The fourth-order valence-electron chi connectivity index (χ4n) is 4.03. The molecule has 0 fully saturated rings. The van der Waals surface area contributed by atoms with Gasteiger partial charge in [-0.1, -0.05) is 60.1 Å². The number of nitrogens with zero attached hydrogens (tertiary/aromatic N) is 2. The lowest BCUT2D eigenvalue weighted by atomic mass is 9.97. The largest absolute Gasteiger partial charge is 0.494 e. The van der Waals surface area contributed by atoms with Crippen molar-refractivity contribution in [1.29, 1.82) is 0 Å². The third-order valence-electron chi connectivity index (χ3n) is 5.95. The molecule has 2 N–H and O–H groups in total. The van der Waals surface area contributed by atoms with Crippen LogP contribution >= 0.6 is 11.6 Å². The Labute approximate surface area is 206 Å². The minimum atomic E-state index is -0.671. The molecule has 4 aromatic rings. The maximum absolute atomic E-state index is 15.3. The molecule has 4 rings (SSSR count). The lowest BCUT2D eigenvalue weighted by Gasteiger charge is -2.19. The van der Waals surface area contributed by atoms with Crippen LogP contribution in [0, 0.1) is 18.6 Å². The van der Waals surface area contributed by atoms with E-state index in [1.807, 2.05) is 30.3 Å². The van der Waals surface area contributed by atoms with Crippen LogP contribution in [-0.4, -0.2) is 16.9 Å². The number of hydrogen-bond donors (Lipinski definition) is 1. The van der Waals surface area contributed by atoms with E-state index in [0.717, 1.165) is 5.56 Å². The van der Waals surface area contributed by atoms with Crippen molar-refractivity contribution in [1.82, 2.24) is 9.78 Å². The summed E-state index contributed by atoms with van der Waals surface area (Å²) in [6, 6.07) is 17.7. The summed E-state index contributed by atoms with van der Waals surface area (Å²) in [6.45, 7) is 1.70. The maximum Gasteiger partial charge on any atom is 0.275 e. The van der Waals surface area contributed by atoms with Gasteiger partial charge in [0.1, 0.15) is 5.82 Å². The molecule has 0 spiro atoms. The van der Waals surface area contributed by atoms with Crippen molar-refractivity contribution in [2.45, 2.75) is 25.9 Å². The zero-order valence-electron chi connectivity index (χ0n) is 19.3. The van der Waals surface area contributed by atoms with Gasteiger partial charge in [-0.3, -0.25) is 4.79 Å². The summed E-state index contributed by atoms with van der Waals surface area (Å²) in [7, 11) is 1.35. The second kappa shape index (κ2) is 10.4. The quantitative estimate of drug-likeness (QED) is 0.370. The predicted molar refractivity (Wildman–Crippen MR) is 133 cm³/mol. The van der Waals surface area contributed by atoms with E-state index in [0.29, 0.717) is 11.3 Å². The van der Waals surface area contributed by atoms with Gasteiger partial charge in [-0.25, -0.2) is 13.5 Å². The lowest BCUT2D eigenvalue weighted by molar-refractivity contribution is 0.387. The number of hydrogen-bond acceptors (Lipinski definition) is 4. The van der Waals surface area contributed by atoms with Crippen LogP contribution in [0.4, 0.5) is 8.78 Å². The molecule has 0 saturated heterocycles. The predicted octanol–water partition coefficient (Wildman–Crippen LogP) is 5.45. The molecule has 8 heteroatoms. The van der Waals surface area contributed by atoms with E-state index < -0.39 is 23.2 Å². The van der Waals surface area contributed by atoms with Crippen LogP contribution in [0.1, 0.15) is 28.4 Å². The molecule has 5 nitrogen and oxygen atoms in total. The molecular formula is C27H24ClF2N3O2. The van der Waals surface area contributed by atoms with Crippen molar-refractivity contribution in [2.75, 3.05) is 7.11 Å². The highest BCUT2D eigenvalue weighted by Crippen LogP contribution is 2.31. The molecule has 0 aliphatic carbocycles. The van der Waals surface area contributed by atoms with Crippen LogP contribution in [-0.2, 0) is 13.0 Å².